The van der Waals surface area contributed by atoms with Crippen LogP contribution in [0.5, 0.6) is 0 Å². The zero-order chi connectivity index (χ0) is 18.6. The molecule has 4 heterocycles. The number of rotatable bonds is 3. The third-order valence-corrected chi connectivity index (χ3v) is 5.01. The largest absolute Gasteiger partial charge is 0.339 e. The van der Waals surface area contributed by atoms with E-state index in [4.69, 9.17) is 4.98 Å². The molecule has 6 nitrogen and oxygen atoms in total. The van der Waals surface area contributed by atoms with Gasteiger partial charge in [0.2, 0.25) is 0 Å². The number of likely N-dealkylation sites (tertiary alicyclic amines) is 1. The summed E-state index contributed by atoms with van der Waals surface area (Å²) in [5.41, 5.74) is 3.85. The normalized spacial score (nSPS) is 14.9. The summed E-state index contributed by atoms with van der Waals surface area (Å²) in [5.74, 6) is 1.14. The van der Waals surface area contributed by atoms with Crippen molar-refractivity contribution in [3.63, 3.8) is 0 Å². The van der Waals surface area contributed by atoms with E-state index in [9.17, 15) is 4.79 Å². The highest BCUT2D eigenvalue weighted by Gasteiger charge is 2.27. The van der Waals surface area contributed by atoms with Crippen LogP contribution in [0.25, 0.3) is 11.1 Å². The fraction of sp³-hybridized carbons (Fsp3) is 0.286. The first-order valence-electron chi connectivity index (χ1n) is 9.15. The van der Waals surface area contributed by atoms with Gasteiger partial charge in [0.1, 0.15) is 5.82 Å². The minimum atomic E-state index is 0.0507. The SMILES string of the molecule is Cc1ncc(-c2ccncc2)c(C2CCN(C(=O)c3cccnc3)CC2)n1. The minimum absolute atomic E-state index is 0.0507. The van der Waals surface area contributed by atoms with Crippen LogP contribution in [-0.2, 0) is 0 Å². The number of aryl methyl sites for hydroxylation is 1. The van der Waals surface area contributed by atoms with E-state index in [0.717, 1.165) is 48.6 Å². The molecule has 0 N–H and O–H groups in total. The van der Waals surface area contributed by atoms with Crippen LogP contribution in [0.3, 0.4) is 0 Å². The maximum absolute atomic E-state index is 12.6. The zero-order valence-electron chi connectivity index (χ0n) is 15.2. The molecule has 3 aromatic rings. The number of aromatic nitrogens is 4. The molecule has 0 unspecified atom stereocenters. The molecule has 27 heavy (non-hydrogen) atoms. The lowest BCUT2D eigenvalue weighted by molar-refractivity contribution is 0.0711. The Balaban J connectivity index is 1.53. The van der Waals surface area contributed by atoms with Crippen LogP contribution in [-0.4, -0.2) is 43.8 Å². The topological polar surface area (TPSA) is 71.9 Å². The number of nitrogens with zero attached hydrogens (tertiary/aromatic N) is 5. The number of carbonyl (C=O) groups excluding carboxylic acids is 1. The van der Waals surface area contributed by atoms with Crippen LogP contribution < -0.4 is 0 Å². The molecule has 1 fully saturated rings. The average molecular weight is 359 g/mol. The number of hydrogen-bond acceptors (Lipinski definition) is 5. The summed E-state index contributed by atoms with van der Waals surface area (Å²) in [5, 5.41) is 0. The van der Waals surface area contributed by atoms with Crippen LogP contribution >= 0.6 is 0 Å². The average Bonchev–Trinajstić information content (AvgIpc) is 2.74. The molecular formula is C21H21N5O. The highest BCUT2D eigenvalue weighted by Crippen LogP contribution is 2.33. The predicted molar refractivity (Wildman–Crippen MR) is 102 cm³/mol. The van der Waals surface area contributed by atoms with Crippen molar-refractivity contribution in [3.05, 3.63) is 72.3 Å². The van der Waals surface area contributed by atoms with E-state index in [-0.39, 0.29) is 5.91 Å². The molecule has 3 aromatic heterocycles. The van der Waals surface area contributed by atoms with Crippen LogP contribution in [0.1, 0.15) is 40.6 Å². The van der Waals surface area contributed by atoms with Crippen molar-refractivity contribution >= 4 is 5.91 Å². The van der Waals surface area contributed by atoms with Gasteiger partial charge in [-0.1, -0.05) is 0 Å². The third-order valence-electron chi connectivity index (χ3n) is 5.01. The lowest BCUT2D eigenvalue weighted by Crippen LogP contribution is -2.38. The maximum Gasteiger partial charge on any atom is 0.255 e. The van der Waals surface area contributed by atoms with Gasteiger partial charge in [0.05, 0.1) is 11.3 Å². The fourth-order valence-corrected chi connectivity index (χ4v) is 3.58. The van der Waals surface area contributed by atoms with Gasteiger partial charge in [0.15, 0.2) is 0 Å². The lowest BCUT2D eigenvalue weighted by Gasteiger charge is -2.32. The molecule has 136 valence electrons. The number of amides is 1. The second-order valence-corrected chi connectivity index (χ2v) is 6.76. The molecule has 1 amide bonds. The summed E-state index contributed by atoms with van der Waals surface area (Å²) in [6.45, 7) is 3.36. The minimum Gasteiger partial charge on any atom is -0.339 e. The summed E-state index contributed by atoms with van der Waals surface area (Å²) in [7, 11) is 0. The first-order chi connectivity index (χ1) is 13.2. The predicted octanol–water partition coefficient (Wildman–Crippen LogP) is 3.26. The van der Waals surface area contributed by atoms with Crippen LogP contribution in [0.2, 0.25) is 0 Å². The van der Waals surface area contributed by atoms with Crippen LogP contribution in [0.4, 0.5) is 0 Å². The summed E-state index contributed by atoms with van der Waals surface area (Å²) >= 11 is 0. The summed E-state index contributed by atoms with van der Waals surface area (Å²) in [6, 6.07) is 7.58. The number of carbonyl (C=O) groups is 1. The highest BCUT2D eigenvalue weighted by molar-refractivity contribution is 5.93. The molecule has 0 radical (unpaired) electrons. The van der Waals surface area contributed by atoms with Crippen LogP contribution in [0, 0.1) is 6.92 Å². The molecule has 1 aliphatic rings. The first-order valence-corrected chi connectivity index (χ1v) is 9.15. The van der Waals surface area contributed by atoms with Crippen molar-refractivity contribution in [2.45, 2.75) is 25.7 Å². The molecule has 0 aromatic carbocycles. The lowest BCUT2D eigenvalue weighted by atomic mass is 9.89. The Labute approximate surface area is 158 Å². The molecule has 0 spiro atoms. The molecule has 4 rings (SSSR count). The number of piperidine rings is 1. The summed E-state index contributed by atoms with van der Waals surface area (Å²) in [4.78, 5) is 31.8. The number of hydrogen-bond donors (Lipinski definition) is 0. The smallest absolute Gasteiger partial charge is 0.255 e. The molecule has 1 saturated heterocycles. The Bertz CT molecular complexity index is 922. The third kappa shape index (κ3) is 3.69. The second-order valence-electron chi connectivity index (χ2n) is 6.76. The summed E-state index contributed by atoms with van der Waals surface area (Å²) in [6.07, 6.45) is 10.6. The van der Waals surface area contributed by atoms with Crippen molar-refractivity contribution < 1.29 is 4.79 Å². The van der Waals surface area contributed by atoms with Gasteiger partial charge in [-0.25, -0.2) is 9.97 Å². The van der Waals surface area contributed by atoms with Gasteiger partial charge >= 0.3 is 0 Å². The van der Waals surface area contributed by atoms with Crippen molar-refractivity contribution in [3.8, 4) is 11.1 Å². The quantitative estimate of drug-likeness (QED) is 0.718. The number of pyridine rings is 2. The Morgan fingerprint density at radius 2 is 1.81 bits per heavy atom. The molecule has 6 heteroatoms. The highest BCUT2D eigenvalue weighted by atomic mass is 16.2. The van der Waals surface area contributed by atoms with Gasteiger partial charge in [-0.05, 0) is 49.6 Å². The summed E-state index contributed by atoms with van der Waals surface area (Å²) < 4.78 is 0. The maximum atomic E-state index is 12.6. The van der Waals surface area contributed by atoms with Crippen molar-refractivity contribution in [2.24, 2.45) is 0 Å². The molecule has 0 aliphatic carbocycles. The van der Waals surface area contributed by atoms with E-state index in [2.05, 4.69) is 15.0 Å². The van der Waals surface area contributed by atoms with Crippen molar-refractivity contribution in [2.75, 3.05) is 13.1 Å². The van der Waals surface area contributed by atoms with E-state index in [1.54, 1.807) is 30.9 Å². The fourth-order valence-electron chi connectivity index (χ4n) is 3.58. The Morgan fingerprint density at radius 1 is 1.04 bits per heavy atom. The standard InChI is InChI=1S/C21H21N5O/c1-15-24-14-19(16-4-9-22-10-5-16)20(25-15)17-6-11-26(12-7-17)21(27)18-3-2-8-23-13-18/h2-5,8-10,13-14,17H,6-7,11-12H2,1H3. The van der Waals surface area contributed by atoms with Crippen LogP contribution in [0.15, 0.2) is 55.2 Å². The van der Waals surface area contributed by atoms with Gasteiger partial charge in [-0.3, -0.25) is 14.8 Å². The second kappa shape index (κ2) is 7.61. The Hall–Kier alpha value is -3.15. The van der Waals surface area contributed by atoms with Crippen molar-refractivity contribution in [1.82, 2.24) is 24.8 Å². The first kappa shape index (κ1) is 17.3. The van der Waals surface area contributed by atoms with Crippen molar-refractivity contribution in [1.29, 1.82) is 0 Å². The monoisotopic (exact) mass is 359 g/mol. The Kier molecular flexibility index (Phi) is 4.87. The van der Waals surface area contributed by atoms with Gasteiger partial charge in [0, 0.05) is 55.6 Å². The van der Waals surface area contributed by atoms with E-state index in [1.165, 1.54) is 0 Å². The molecule has 0 bridgehead atoms. The molecule has 0 saturated carbocycles. The van der Waals surface area contributed by atoms with E-state index >= 15 is 0 Å². The zero-order valence-corrected chi connectivity index (χ0v) is 15.2. The van der Waals surface area contributed by atoms with E-state index in [0.29, 0.717) is 11.5 Å². The van der Waals surface area contributed by atoms with Gasteiger partial charge in [-0.15, -0.1) is 0 Å². The molecular weight excluding hydrogens is 338 g/mol. The molecule has 0 atom stereocenters. The molecule has 1 aliphatic heterocycles. The Morgan fingerprint density at radius 3 is 2.52 bits per heavy atom. The van der Waals surface area contributed by atoms with Gasteiger partial charge in [0.25, 0.3) is 5.91 Å². The van der Waals surface area contributed by atoms with Gasteiger partial charge in [-0.2, -0.15) is 0 Å². The van der Waals surface area contributed by atoms with E-state index in [1.807, 2.05) is 36.2 Å². The van der Waals surface area contributed by atoms with Gasteiger partial charge < -0.3 is 4.90 Å². The van der Waals surface area contributed by atoms with E-state index < -0.39 is 0 Å².